The predicted molar refractivity (Wildman–Crippen MR) is 149 cm³/mol. The van der Waals surface area contributed by atoms with E-state index in [1.807, 2.05) is 26.8 Å². The second-order valence-corrected chi connectivity index (χ2v) is 13.4. The minimum Gasteiger partial charge on any atom is -0.472 e. The molecule has 0 N–H and O–H groups in total. The van der Waals surface area contributed by atoms with Crippen molar-refractivity contribution in [2.45, 2.75) is 85.9 Å². The molecule has 0 amide bonds. The molecule has 1 aromatic heterocycles. The van der Waals surface area contributed by atoms with E-state index in [1.54, 1.807) is 32.4 Å². The maximum atomic E-state index is 14.5. The van der Waals surface area contributed by atoms with Crippen LogP contribution in [0.2, 0.25) is 0 Å². The molecule has 2 saturated carbocycles. The zero-order chi connectivity index (χ0) is 29.9. The molecule has 4 aliphatic rings. The number of carbonyl (C=O) groups excluding carboxylic acids is 4. The molecule has 8 heteroatoms. The van der Waals surface area contributed by atoms with Gasteiger partial charge in [0.2, 0.25) is 0 Å². The van der Waals surface area contributed by atoms with Gasteiger partial charge < -0.3 is 18.6 Å². The summed E-state index contributed by atoms with van der Waals surface area (Å²) in [5.74, 6) is -1.74. The predicted octanol–water partition coefficient (Wildman–Crippen LogP) is 5.72. The van der Waals surface area contributed by atoms with Gasteiger partial charge in [-0.1, -0.05) is 39.3 Å². The standard InChI is InChI=1S/C33H42O8/c1-8-18(2)24(34)17-40-30-21-13-20-22(33(6,28(21)37)25(31(30,3)4)15-26(35)38-7)9-11-32(5)23(20)14-27(36)41-29(32)19-10-12-39-16-19/h8,10,12,16,21-22,25,29-30H,9,11,13-15,17H2,1-7H3/b18-8+/t21-,22+,25-,29-,30+,32+,33-/m0/s1. The Morgan fingerprint density at radius 2 is 1.90 bits per heavy atom. The first-order chi connectivity index (χ1) is 19.3. The van der Waals surface area contributed by atoms with Crippen LogP contribution >= 0.6 is 0 Å². The number of furan rings is 1. The van der Waals surface area contributed by atoms with Gasteiger partial charge in [0.1, 0.15) is 18.5 Å². The highest BCUT2D eigenvalue weighted by Gasteiger charge is 2.68. The average molecular weight is 567 g/mol. The first-order valence-electron chi connectivity index (χ1n) is 14.6. The molecule has 2 bridgehead atoms. The van der Waals surface area contributed by atoms with Gasteiger partial charge in [-0.05, 0) is 67.6 Å². The highest BCUT2D eigenvalue weighted by Crippen LogP contribution is 2.68. The van der Waals surface area contributed by atoms with E-state index in [9.17, 15) is 19.2 Å². The van der Waals surface area contributed by atoms with Crippen LogP contribution in [0.4, 0.5) is 0 Å². The van der Waals surface area contributed by atoms with Crippen molar-refractivity contribution in [2.75, 3.05) is 13.7 Å². The van der Waals surface area contributed by atoms with E-state index in [4.69, 9.17) is 18.6 Å². The summed E-state index contributed by atoms with van der Waals surface area (Å²) in [4.78, 5) is 53.1. The summed E-state index contributed by atoms with van der Waals surface area (Å²) in [6.07, 6.45) is 6.06. The molecule has 0 unspecified atom stereocenters. The van der Waals surface area contributed by atoms with Crippen molar-refractivity contribution in [3.05, 3.63) is 47.0 Å². The van der Waals surface area contributed by atoms with Gasteiger partial charge in [-0.2, -0.15) is 0 Å². The smallest absolute Gasteiger partial charge is 0.310 e. The lowest BCUT2D eigenvalue weighted by atomic mass is 9.40. The number of hydrogen-bond acceptors (Lipinski definition) is 8. The van der Waals surface area contributed by atoms with E-state index in [0.29, 0.717) is 12.0 Å². The van der Waals surface area contributed by atoms with Crippen LogP contribution in [0.25, 0.3) is 0 Å². The maximum Gasteiger partial charge on any atom is 0.310 e. The van der Waals surface area contributed by atoms with Gasteiger partial charge in [0.05, 0.1) is 32.2 Å². The van der Waals surface area contributed by atoms with Crippen LogP contribution in [0.1, 0.15) is 85.3 Å². The largest absolute Gasteiger partial charge is 0.472 e. The molecule has 7 atom stereocenters. The average Bonchev–Trinajstić information content (AvgIpc) is 3.47. The fraction of sp³-hybridized carbons (Fsp3) is 0.636. The molecule has 3 aliphatic carbocycles. The van der Waals surface area contributed by atoms with Crippen molar-refractivity contribution in [1.82, 2.24) is 0 Å². The summed E-state index contributed by atoms with van der Waals surface area (Å²) in [6, 6.07) is 1.84. The summed E-state index contributed by atoms with van der Waals surface area (Å²) >= 11 is 0. The number of Topliss-reactive ketones (excluding diaryl/α,β-unsaturated/α-hetero) is 2. The van der Waals surface area contributed by atoms with Gasteiger partial charge in [0, 0.05) is 28.7 Å². The number of esters is 2. The summed E-state index contributed by atoms with van der Waals surface area (Å²) < 4.78 is 22.8. The number of ketones is 2. The Balaban J connectivity index is 1.64. The topological polar surface area (TPSA) is 109 Å². The van der Waals surface area contributed by atoms with Gasteiger partial charge >= 0.3 is 11.9 Å². The van der Waals surface area contributed by atoms with Crippen molar-refractivity contribution in [3.63, 3.8) is 0 Å². The SMILES string of the molecule is C/C=C(\C)C(=O)CO[C@@H]1[C@H]2CC3=C4CC(=O)O[C@@H](c5ccoc5)[C@]4(C)CC[C@H]3[C@](C)(C2=O)[C@@H](CC(=O)OC)C1(C)C. The Kier molecular flexibility index (Phi) is 7.46. The lowest BCUT2D eigenvalue weighted by molar-refractivity contribution is -0.195. The number of ether oxygens (including phenoxy) is 3. The van der Waals surface area contributed by atoms with E-state index in [1.165, 1.54) is 7.11 Å². The number of hydrogen-bond donors (Lipinski definition) is 0. The van der Waals surface area contributed by atoms with Crippen molar-refractivity contribution < 1.29 is 37.8 Å². The third kappa shape index (κ3) is 4.44. The Hall–Kier alpha value is -3.00. The van der Waals surface area contributed by atoms with Crippen molar-refractivity contribution in [1.29, 1.82) is 0 Å². The van der Waals surface area contributed by atoms with E-state index in [-0.39, 0.29) is 54.8 Å². The van der Waals surface area contributed by atoms with Crippen LogP contribution in [-0.2, 0) is 33.4 Å². The Bertz CT molecular complexity index is 1320. The molecule has 41 heavy (non-hydrogen) atoms. The molecule has 222 valence electrons. The van der Waals surface area contributed by atoms with Crippen molar-refractivity contribution in [2.24, 2.45) is 34.0 Å². The summed E-state index contributed by atoms with van der Waals surface area (Å²) in [6.45, 7) is 11.7. The monoisotopic (exact) mass is 566 g/mol. The molecule has 0 spiro atoms. The van der Waals surface area contributed by atoms with Gasteiger partial charge in [-0.15, -0.1) is 0 Å². The third-order valence-electron chi connectivity index (χ3n) is 11.1. The van der Waals surface area contributed by atoms with Crippen LogP contribution < -0.4 is 0 Å². The number of allylic oxidation sites excluding steroid dienone is 2. The highest BCUT2D eigenvalue weighted by molar-refractivity contribution is 5.96. The fourth-order valence-corrected chi connectivity index (χ4v) is 8.73. The third-order valence-corrected chi connectivity index (χ3v) is 11.1. The molecule has 1 aliphatic heterocycles. The number of cyclic esters (lactones) is 1. The van der Waals surface area contributed by atoms with E-state index in [0.717, 1.165) is 29.6 Å². The zero-order valence-electron chi connectivity index (χ0n) is 25.2. The quantitative estimate of drug-likeness (QED) is 0.234. The number of rotatable bonds is 7. The molecular formula is C33H42O8. The second kappa shape index (κ2) is 10.4. The molecule has 5 rings (SSSR count). The van der Waals surface area contributed by atoms with E-state index < -0.39 is 34.4 Å². The van der Waals surface area contributed by atoms with Crippen molar-refractivity contribution >= 4 is 23.5 Å². The van der Waals surface area contributed by atoms with Gasteiger partial charge in [0.15, 0.2) is 5.78 Å². The van der Waals surface area contributed by atoms with E-state index in [2.05, 4.69) is 6.92 Å². The maximum absolute atomic E-state index is 14.5. The number of methoxy groups -OCH3 is 1. The lowest BCUT2D eigenvalue weighted by Gasteiger charge is -2.64. The molecule has 0 aromatic carbocycles. The Morgan fingerprint density at radius 1 is 1.17 bits per heavy atom. The minimum absolute atomic E-state index is 0.0657. The number of carbonyl (C=O) groups is 4. The molecular weight excluding hydrogens is 524 g/mol. The minimum atomic E-state index is -0.861. The van der Waals surface area contributed by atoms with Gasteiger partial charge in [-0.3, -0.25) is 19.2 Å². The Labute approximate surface area is 241 Å². The molecule has 8 nitrogen and oxygen atoms in total. The van der Waals surface area contributed by atoms with Crippen LogP contribution in [0.3, 0.4) is 0 Å². The van der Waals surface area contributed by atoms with Crippen LogP contribution in [-0.4, -0.2) is 43.3 Å². The first-order valence-corrected chi connectivity index (χ1v) is 14.6. The lowest BCUT2D eigenvalue weighted by Crippen LogP contribution is -2.66. The van der Waals surface area contributed by atoms with Gasteiger partial charge in [0.25, 0.3) is 0 Å². The number of fused-ring (bicyclic) bond motifs is 5. The summed E-state index contributed by atoms with van der Waals surface area (Å²) in [5.41, 5.74) is 1.66. The summed E-state index contributed by atoms with van der Waals surface area (Å²) in [5, 5.41) is 0. The molecule has 3 fully saturated rings. The van der Waals surface area contributed by atoms with Gasteiger partial charge in [-0.25, -0.2) is 0 Å². The second-order valence-electron chi connectivity index (χ2n) is 13.4. The molecule has 1 saturated heterocycles. The Morgan fingerprint density at radius 3 is 2.54 bits per heavy atom. The normalized spacial score (nSPS) is 36.3. The molecule has 1 aromatic rings. The van der Waals surface area contributed by atoms with E-state index >= 15 is 0 Å². The van der Waals surface area contributed by atoms with Crippen LogP contribution in [0.15, 0.2) is 45.8 Å². The highest BCUT2D eigenvalue weighted by atomic mass is 16.5. The first kappa shape index (κ1) is 29.5. The van der Waals surface area contributed by atoms with Crippen LogP contribution in [0, 0.1) is 34.0 Å². The van der Waals surface area contributed by atoms with Crippen LogP contribution in [0.5, 0.6) is 0 Å². The fourth-order valence-electron chi connectivity index (χ4n) is 8.73. The zero-order valence-corrected chi connectivity index (χ0v) is 25.2. The molecule has 0 radical (unpaired) electrons. The van der Waals surface area contributed by atoms with Crippen molar-refractivity contribution in [3.8, 4) is 0 Å². The molecule has 2 heterocycles. The summed E-state index contributed by atoms with van der Waals surface area (Å²) in [7, 11) is 1.36.